The van der Waals surface area contributed by atoms with Gasteiger partial charge in [0.2, 0.25) is 0 Å². The number of rotatable bonds is 4. The van der Waals surface area contributed by atoms with Gasteiger partial charge in [-0.15, -0.1) is 26.0 Å². The molecule has 2 rings (SSSR count). The Labute approximate surface area is 216 Å². The van der Waals surface area contributed by atoms with E-state index in [2.05, 4.69) is 37.9 Å². The van der Waals surface area contributed by atoms with Gasteiger partial charge < -0.3 is 5.32 Å². The van der Waals surface area contributed by atoms with Crippen LogP contribution in [0, 0.1) is 37.0 Å². The second-order valence-electron chi connectivity index (χ2n) is 7.41. The van der Waals surface area contributed by atoms with E-state index in [1.165, 1.54) is 13.0 Å². The van der Waals surface area contributed by atoms with E-state index in [1.54, 1.807) is 6.07 Å². The number of hydrogen-bond acceptors (Lipinski definition) is 2. The smallest absolute Gasteiger partial charge is 0.359 e. The van der Waals surface area contributed by atoms with Gasteiger partial charge in [0, 0.05) is 11.4 Å². The van der Waals surface area contributed by atoms with Crippen LogP contribution < -0.4 is 5.32 Å². The third-order valence-corrected chi connectivity index (χ3v) is 4.69. The fourth-order valence-electron chi connectivity index (χ4n) is 2.62. The lowest BCUT2D eigenvalue weighted by Gasteiger charge is -2.17. The number of allylic oxidation sites excluding steroid dienone is 1. The fraction of sp³-hybridized carbons (Fsp3) is 0.296. The van der Waals surface area contributed by atoms with Gasteiger partial charge in [0.05, 0.1) is 28.3 Å². The normalized spacial score (nSPS) is 11.6. The predicted molar refractivity (Wildman–Crippen MR) is 131 cm³/mol. The van der Waals surface area contributed by atoms with Gasteiger partial charge in [-0.2, -0.15) is 44.8 Å². The SMILES string of the molecule is C#C.C=C.C=C(Nc1ccc(C#N)c(C(F)(F)F)c1)C(C)CC.Cc1cc(C(F)(F)F)cc(C(F)(F)F)c1. The van der Waals surface area contributed by atoms with Gasteiger partial charge in [0.25, 0.3) is 0 Å². The number of nitrogens with zero attached hydrogens (tertiary/aromatic N) is 1. The Morgan fingerprint density at radius 3 is 1.68 bits per heavy atom. The number of nitrogens with one attached hydrogen (secondary N) is 1. The summed E-state index contributed by atoms with van der Waals surface area (Å²) in [5.41, 5.74) is -3.01. The Hall–Kier alpha value is -3.86. The summed E-state index contributed by atoms with van der Waals surface area (Å²) in [6.45, 7) is 14.9. The van der Waals surface area contributed by atoms with E-state index >= 15 is 0 Å². The molecule has 2 aromatic rings. The molecule has 208 valence electrons. The highest BCUT2D eigenvalue weighted by molar-refractivity contribution is 5.55. The van der Waals surface area contributed by atoms with Crippen molar-refractivity contribution < 1.29 is 39.5 Å². The first-order valence-electron chi connectivity index (χ1n) is 10.6. The van der Waals surface area contributed by atoms with Gasteiger partial charge in [0.1, 0.15) is 0 Å². The molecule has 11 heteroatoms. The molecule has 0 radical (unpaired) electrons. The topological polar surface area (TPSA) is 35.8 Å². The Kier molecular flexibility index (Phi) is 14.7. The Morgan fingerprint density at radius 2 is 1.34 bits per heavy atom. The molecular weight excluding hydrogens is 523 g/mol. The number of alkyl halides is 9. The van der Waals surface area contributed by atoms with Crippen LogP contribution >= 0.6 is 0 Å². The fourth-order valence-corrected chi connectivity index (χ4v) is 2.62. The van der Waals surface area contributed by atoms with Crippen LogP contribution in [0.2, 0.25) is 0 Å². The first-order chi connectivity index (χ1) is 17.4. The van der Waals surface area contributed by atoms with Gasteiger partial charge in [-0.1, -0.05) is 20.4 Å². The summed E-state index contributed by atoms with van der Waals surface area (Å²) in [4.78, 5) is 0. The Balaban J connectivity index is 0. The molecule has 0 spiro atoms. The molecule has 1 atom stereocenters. The van der Waals surface area contributed by atoms with Gasteiger partial charge in [0.15, 0.2) is 0 Å². The largest absolute Gasteiger partial charge is 0.417 e. The van der Waals surface area contributed by atoms with Crippen molar-refractivity contribution >= 4 is 5.69 Å². The zero-order valence-electron chi connectivity index (χ0n) is 20.9. The molecule has 38 heavy (non-hydrogen) atoms. The summed E-state index contributed by atoms with van der Waals surface area (Å²) >= 11 is 0. The van der Waals surface area contributed by atoms with Crippen LogP contribution in [0.5, 0.6) is 0 Å². The first kappa shape index (κ1) is 36.3. The second-order valence-corrected chi connectivity index (χ2v) is 7.41. The standard InChI is InChI=1S/C14H15F3N2.C9H6F6.C2H4.C2H2/c1-4-9(2)10(3)19-12-6-5-11(8-18)13(7-12)14(15,16)17;1-5-2-6(8(10,11)12)4-7(3-5)9(13,14)15;2*1-2/h5-7,9,19H,3-4H2,1-2H3;2-4H,1H3;1-2H2;1-2H. The van der Waals surface area contributed by atoms with Gasteiger partial charge in [-0.3, -0.25) is 0 Å². The zero-order chi connectivity index (χ0) is 30.5. The zero-order valence-corrected chi connectivity index (χ0v) is 20.9. The van der Waals surface area contributed by atoms with Crippen LogP contribution in [0.25, 0.3) is 0 Å². The molecule has 0 aliphatic heterocycles. The molecule has 2 aromatic carbocycles. The molecule has 0 aliphatic carbocycles. The lowest BCUT2D eigenvalue weighted by molar-refractivity contribution is -0.143. The average molecular weight is 551 g/mol. The summed E-state index contributed by atoms with van der Waals surface area (Å²) in [6.07, 6.45) is -5.22. The molecule has 0 aliphatic rings. The maximum atomic E-state index is 12.8. The van der Waals surface area contributed by atoms with Crippen molar-refractivity contribution in [3.05, 3.63) is 89.6 Å². The van der Waals surface area contributed by atoms with E-state index in [0.717, 1.165) is 18.6 Å². The molecule has 1 N–H and O–H groups in total. The number of aryl methyl sites for hydroxylation is 1. The minimum Gasteiger partial charge on any atom is -0.359 e. The highest BCUT2D eigenvalue weighted by atomic mass is 19.4. The number of terminal acetylenes is 1. The van der Waals surface area contributed by atoms with E-state index in [0.29, 0.717) is 17.8 Å². The molecule has 0 amide bonds. The monoisotopic (exact) mass is 550 g/mol. The number of anilines is 1. The molecule has 0 heterocycles. The van der Waals surface area contributed by atoms with Crippen molar-refractivity contribution in [1.82, 2.24) is 0 Å². The van der Waals surface area contributed by atoms with Gasteiger partial charge in [-0.25, -0.2) is 0 Å². The molecule has 1 unspecified atom stereocenters. The summed E-state index contributed by atoms with van der Waals surface area (Å²) in [7, 11) is 0. The van der Waals surface area contributed by atoms with Crippen LogP contribution in [-0.4, -0.2) is 0 Å². The number of benzene rings is 2. The first-order valence-corrected chi connectivity index (χ1v) is 10.6. The molecule has 0 saturated heterocycles. The lowest BCUT2D eigenvalue weighted by Crippen LogP contribution is -2.11. The Morgan fingerprint density at radius 1 is 0.895 bits per heavy atom. The molecular formula is C27H27F9N2. The van der Waals surface area contributed by atoms with Gasteiger partial charge in [-0.05, 0) is 61.2 Å². The van der Waals surface area contributed by atoms with Crippen molar-refractivity contribution in [3.63, 3.8) is 0 Å². The highest BCUT2D eigenvalue weighted by Crippen LogP contribution is 2.36. The van der Waals surface area contributed by atoms with E-state index in [-0.39, 0.29) is 28.8 Å². The summed E-state index contributed by atoms with van der Waals surface area (Å²) in [6, 6.07) is 6.55. The van der Waals surface area contributed by atoms with E-state index < -0.39 is 35.2 Å². The van der Waals surface area contributed by atoms with Crippen LogP contribution in [0.3, 0.4) is 0 Å². The van der Waals surface area contributed by atoms with E-state index in [1.807, 2.05) is 13.8 Å². The average Bonchev–Trinajstić information content (AvgIpc) is 2.84. The van der Waals surface area contributed by atoms with Crippen LogP contribution in [-0.2, 0) is 18.5 Å². The number of hydrogen-bond donors (Lipinski definition) is 1. The quantitative estimate of drug-likeness (QED) is 0.234. The van der Waals surface area contributed by atoms with Gasteiger partial charge >= 0.3 is 18.5 Å². The van der Waals surface area contributed by atoms with Crippen molar-refractivity contribution in [2.75, 3.05) is 5.32 Å². The molecule has 0 bridgehead atoms. The summed E-state index contributed by atoms with van der Waals surface area (Å²) in [5, 5.41) is 11.5. The minimum absolute atomic E-state index is 0.0721. The second kappa shape index (κ2) is 15.4. The minimum atomic E-state index is -4.76. The maximum Gasteiger partial charge on any atom is 0.417 e. The Bertz CT molecular complexity index is 1070. The van der Waals surface area contributed by atoms with E-state index in [9.17, 15) is 39.5 Å². The third-order valence-electron chi connectivity index (χ3n) is 4.69. The summed E-state index contributed by atoms with van der Waals surface area (Å²) < 4.78 is 111. The molecule has 0 saturated carbocycles. The van der Waals surface area contributed by atoms with Crippen LogP contribution in [0.1, 0.15) is 48.1 Å². The van der Waals surface area contributed by atoms with E-state index in [4.69, 9.17) is 5.26 Å². The molecule has 0 fully saturated rings. The third kappa shape index (κ3) is 11.9. The number of halogens is 9. The van der Waals surface area contributed by atoms with Crippen molar-refractivity contribution in [3.8, 4) is 18.9 Å². The predicted octanol–water partition coefficient (Wildman–Crippen LogP) is 9.63. The molecule has 2 nitrogen and oxygen atoms in total. The van der Waals surface area contributed by atoms with Crippen LogP contribution in [0.15, 0.2) is 61.8 Å². The van der Waals surface area contributed by atoms with Crippen molar-refractivity contribution in [1.29, 1.82) is 5.26 Å². The summed E-state index contributed by atoms with van der Waals surface area (Å²) in [5.74, 6) is 0.157. The molecule has 0 aromatic heterocycles. The number of nitriles is 1. The van der Waals surface area contributed by atoms with Crippen molar-refractivity contribution in [2.45, 2.75) is 45.7 Å². The maximum absolute atomic E-state index is 12.8. The highest BCUT2D eigenvalue weighted by Gasteiger charge is 2.36. The lowest BCUT2D eigenvalue weighted by atomic mass is 10.0. The van der Waals surface area contributed by atoms with Crippen LogP contribution in [0.4, 0.5) is 45.2 Å². The van der Waals surface area contributed by atoms with Crippen molar-refractivity contribution in [2.24, 2.45) is 5.92 Å².